The van der Waals surface area contributed by atoms with Crippen molar-refractivity contribution in [3.63, 3.8) is 0 Å². The minimum atomic E-state index is -3.20. The maximum atomic E-state index is 12.3. The van der Waals surface area contributed by atoms with Crippen molar-refractivity contribution in [2.24, 2.45) is 0 Å². The molecule has 9 heteroatoms. The number of para-hydroxylation sites is 1. The number of H-pyrrole nitrogens is 1. The van der Waals surface area contributed by atoms with E-state index in [1.54, 1.807) is 23.1 Å². The number of aromatic nitrogens is 2. The van der Waals surface area contributed by atoms with Crippen LogP contribution < -0.4 is 5.56 Å². The number of sulfonamides is 1. The molecule has 1 amide bonds. The Labute approximate surface area is 151 Å². The third-order valence-corrected chi connectivity index (χ3v) is 5.83. The maximum Gasteiger partial charge on any atom is 0.258 e. The van der Waals surface area contributed by atoms with Gasteiger partial charge in [-0.05, 0) is 18.6 Å². The fourth-order valence-corrected chi connectivity index (χ4v) is 3.91. The van der Waals surface area contributed by atoms with Crippen LogP contribution in [0, 0.1) is 0 Å². The lowest BCUT2D eigenvalue weighted by Gasteiger charge is -2.33. The molecule has 0 atom stereocenters. The van der Waals surface area contributed by atoms with Crippen LogP contribution in [0.5, 0.6) is 0 Å². The number of nitrogens with one attached hydrogen (secondary N) is 1. The van der Waals surface area contributed by atoms with Crippen LogP contribution in [-0.4, -0.2) is 65.9 Å². The molecule has 26 heavy (non-hydrogen) atoms. The Morgan fingerprint density at radius 3 is 2.58 bits per heavy atom. The van der Waals surface area contributed by atoms with Gasteiger partial charge >= 0.3 is 0 Å². The first kappa shape index (κ1) is 18.5. The number of carbonyl (C=O) groups excluding carboxylic acids is 1. The fraction of sp³-hybridized carbons (Fsp3) is 0.471. The Kier molecular flexibility index (Phi) is 5.38. The molecule has 0 aliphatic carbocycles. The molecule has 140 valence electrons. The van der Waals surface area contributed by atoms with E-state index in [-0.39, 0.29) is 11.5 Å². The van der Waals surface area contributed by atoms with Gasteiger partial charge in [-0.1, -0.05) is 12.1 Å². The minimum Gasteiger partial charge on any atom is -0.340 e. The molecule has 0 radical (unpaired) electrons. The number of piperazine rings is 1. The van der Waals surface area contributed by atoms with Crippen LogP contribution in [0.2, 0.25) is 0 Å². The molecule has 1 aromatic heterocycles. The second-order valence-electron chi connectivity index (χ2n) is 6.43. The third-order valence-electron chi connectivity index (χ3n) is 4.53. The van der Waals surface area contributed by atoms with Crippen LogP contribution in [0.25, 0.3) is 10.9 Å². The summed E-state index contributed by atoms with van der Waals surface area (Å²) in [7, 11) is -3.20. The topological polar surface area (TPSA) is 103 Å². The van der Waals surface area contributed by atoms with Gasteiger partial charge in [0, 0.05) is 39.0 Å². The average Bonchev–Trinajstić information content (AvgIpc) is 2.61. The zero-order valence-corrected chi connectivity index (χ0v) is 15.5. The number of hydrogen-bond donors (Lipinski definition) is 1. The minimum absolute atomic E-state index is 0.00119. The number of aryl methyl sites for hydroxylation is 1. The molecule has 0 unspecified atom stereocenters. The first-order valence-corrected chi connectivity index (χ1v) is 10.4. The molecule has 2 aromatic rings. The molecule has 3 rings (SSSR count). The number of aromatic amines is 1. The van der Waals surface area contributed by atoms with Gasteiger partial charge in [0.15, 0.2) is 0 Å². The first-order valence-electron chi connectivity index (χ1n) is 8.55. The number of amides is 1. The zero-order valence-electron chi connectivity index (χ0n) is 14.6. The zero-order chi connectivity index (χ0) is 18.7. The highest BCUT2D eigenvalue weighted by atomic mass is 32.2. The normalized spacial score (nSPS) is 16.1. The van der Waals surface area contributed by atoms with Gasteiger partial charge in [-0.15, -0.1) is 0 Å². The van der Waals surface area contributed by atoms with Crippen LogP contribution in [0.1, 0.15) is 18.7 Å². The summed E-state index contributed by atoms with van der Waals surface area (Å²) in [5.41, 5.74) is 0.475. The molecule has 1 aromatic carbocycles. The quantitative estimate of drug-likeness (QED) is 0.809. The monoisotopic (exact) mass is 378 g/mol. The molecular formula is C17H22N4O4S. The summed E-state index contributed by atoms with van der Waals surface area (Å²) >= 11 is 0. The van der Waals surface area contributed by atoms with Gasteiger partial charge in [0.25, 0.3) is 5.56 Å². The molecule has 0 saturated carbocycles. The highest BCUT2D eigenvalue weighted by Gasteiger charge is 2.25. The largest absolute Gasteiger partial charge is 0.340 e. The number of rotatable bonds is 5. The van der Waals surface area contributed by atoms with Crippen molar-refractivity contribution >= 4 is 26.8 Å². The van der Waals surface area contributed by atoms with Crippen LogP contribution in [0.15, 0.2) is 29.1 Å². The van der Waals surface area contributed by atoms with Crippen molar-refractivity contribution in [3.8, 4) is 0 Å². The van der Waals surface area contributed by atoms with Gasteiger partial charge in [-0.3, -0.25) is 9.59 Å². The Morgan fingerprint density at radius 2 is 1.88 bits per heavy atom. The van der Waals surface area contributed by atoms with E-state index in [1.165, 1.54) is 10.6 Å². The lowest BCUT2D eigenvalue weighted by molar-refractivity contribution is -0.132. The molecule has 2 heterocycles. The number of hydrogen-bond acceptors (Lipinski definition) is 5. The van der Waals surface area contributed by atoms with E-state index in [4.69, 9.17) is 0 Å². The van der Waals surface area contributed by atoms with E-state index in [2.05, 4.69) is 9.97 Å². The van der Waals surface area contributed by atoms with Crippen molar-refractivity contribution in [1.82, 2.24) is 19.2 Å². The number of carbonyl (C=O) groups is 1. The number of benzene rings is 1. The first-order chi connectivity index (χ1) is 12.3. The Bertz CT molecular complexity index is 962. The molecule has 1 aliphatic heterocycles. The van der Waals surface area contributed by atoms with Gasteiger partial charge in [0.1, 0.15) is 5.82 Å². The third kappa shape index (κ3) is 4.28. The highest BCUT2D eigenvalue weighted by Crippen LogP contribution is 2.10. The van der Waals surface area contributed by atoms with Crippen molar-refractivity contribution in [2.45, 2.75) is 19.3 Å². The molecule has 1 aliphatic rings. The predicted octanol–water partition coefficient (Wildman–Crippen LogP) is 0.350. The van der Waals surface area contributed by atoms with Crippen molar-refractivity contribution in [1.29, 1.82) is 0 Å². The Balaban J connectivity index is 1.52. The van der Waals surface area contributed by atoms with Crippen LogP contribution in [-0.2, 0) is 21.2 Å². The fourth-order valence-electron chi connectivity index (χ4n) is 3.09. The van der Waals surface area contributed by atoms with E-state index in [0.29, 0.717) is 62.2 Å². The molecule has 1 N–H and O–H groups in total. The lowest BCUT2D eigenvalue weighted by atomic mass is 10.2. The van der Waals surface area contributed by atoms with Gasteiger partial charge in [-0.2, -0.15) is 4.31 Å². The lowest BCUT2D eigenvalue weighted by Crippen LogP contribution is -2.50. The second kappa shape index (κ2) is 7.55. The van der Waals surface area contributed by atoms with E-state index < -0.39 is 10.0 Å². The molecule has 8 nitrogen and oxygen atoms in total. The standard InChI is InChI=1S/C17H22N4O4S/c1-26(24,25)21-11-9-20(10-12-21)16(22)8-4-7-15-18-14-6-3-2-5-13(14)17(23)19-15/h2-3,5-6H,4,7-12H2,1H3,(H,18,19,23). The maximum absolute atomic E-state index is 12.3. The van der Waals surface area contributed by atoms with E-state index in [0.717, 1.165) is 0 Å². The van der Waals surface area contributed by atoms with E-state index in [9.17, 15) is 18.0 Å². The smallest absolute Gasteiger partial charge is 0.258 e. The SMILES string of the molecule is CS(=O)(=O)N1CCN(C(=O)CCCc2nc3ccccc3c(=O)[nH]2)CC1. The molecule has 1 saturated heterocycles. The summed E-state index contributed by atoms with van der Waals surface area (Å²) in [6, 6.07) is 7.14. The summed E-state index contributed by atoms with van der Waals surface area (Å²) < 4.78 is 24.4. The van der Waals surface area contributed by atoms with E-state index in [1.807, 2.05) is 6.07 Å². The van der Waals surface area contributed by atoms with Gasteiger partial charge in [0.2, 0.25) is 15.9 Å². The summed E-state index contributed by atoms with van der Waals surface area (Å²) in [4.78, 5) is 33.2. The van der Waals surface area contributed by atoms with E-state index >= 15 is 0 Å². The van der Waals surface area contributed by atoms with Gasteiger partial charge in [-0.25, -0.2) is 13.4 Å². The Morgan fingerprint density at radius 1 is 1.19 bits per heavy atom. The van der Waals surface area contributed by atoms with Crippen LogP contribution in [0.3, 0.4) is 0 Å². The highest BCUT2D eigenvalue weighted by molar-refractivity contribution is 7.88. The summed E-state index contributed by atoms with van der Waals surface area (Å²) in [6.45, 7) is 1.50. The summed E-state index contributed by atoms with van der Waals surface area (Å²) in [5, 5.41) is 0.552. The van der Waals surface area contributed by atoms with Crippen LogP contribution >= 0.6 is 0 Å². The Hall–Kier alpha value is -2.26. The average molecular weight is 378 g/mol. The number of fused-ring (bicyclic) bond motifs is 1. The second-order valence-corrected chi connectivity index (χ2v) is 8.41. The van der Waals surface area contributed by atoms with Crippen molar-refractivity contribution in [3.05, 3.63) is 40.4 Å². The predicted molar refractivity (Wildman–Crippen MR) is 98.3 cm³/mol. The summed E-state index contributed by atoms with van der Waals surface area (Å²) in [6.07, 6.45) is 2.61. The van der Waals surface area contributed by atoms with Gasteiger partial charge in [0.05, 0.1) is 17.2 Å². The summed E-state index contributed by atoms with van der Waals surface area (Å²) in [5.74, 6) is 0.574. The van der Waals surface area contributed by atoms with Gasteiger partial charge < -0.3 is 9.88 Å². The van der Waals surface area contributed by atoms with Crippen molar-refractivity contribution in [2.75, 3.05) is 32.4 Å². The molecule has 0 spiro atoms. The number of nitrogens with zero attached hydrogens (tertiary/aromatic N) is 3. The van der Waals surface area contributed by atoms with Crippen molar-refractivity contribution < 1.29 is 13.2 Å². The van der Waals surface area contributed by atoms with Crippen LogP contribution in [0.4, 0.5) is 0 Å². The molecule has 1 fully saturated rings. The molecule has 0 bridgehead atoms. The molecular weight excluding hydrogens is 356 g/mol.